The van der Waals surface area contributed by atoms with Crippen molar-refractivity contribution in [3.8, 4) is 5.75 Å². The van der Waals surface area contributed by atoms with Crippen molar-refractivity contribution in [3.05, 3.63) is 65.2 Å². The third-order valence-electron chi connectivity index (χ3n) is 4.38. The Morgan fingerprint density at radius 2 is 1.56 bits per heavy atom. The molecule has 0 aliphatic carbocycles. The molecule has 3 amide bonds. The molecule has 6 nitrogen and oxygen atoms in total. The number of benzene rings is 2. The summed E-state index contributed by atoms with van der Waals surface area (Å²) >= 11 is 5.82. The number of nitrogens with one attached hydrogen (secondary N) is 1. The number of hydrogen-bond acceptors (Lipinski definition) is 3. The monoisotopic (exact) mass is 387 g/mol. The van der Waals surface area contributed by atoms with Gasteiger partial charge in [-0.05, 0) is 29.8 Å². The highest BCUT2D eigenvalue weighted by molar-refractivity contribution is 6.30. The quantitative estimate of drug-likeness (QED) is 0.858. The average Bonchev–Trinajstić information content (AvgIpc) is 2.72. The zero-order valence-electron chi connectivity index (χ0n) is 14.9. The van der Waals surface area contributed by atoms with E-state index in [2.05, 4.69) is 5.32 Å². The van der Waals surface area contributed by atoms with Crippen LogP contribution < -0.4 is 10.1 Å². The summed E-state index contributed by atoms with van der Waals surface area (Å²) in [5.41, 5.74) is 1.05. The van der Waals surface area contributed by atoms with E-state index in [1.807, 2.05) is 30.3 Å². The fourth-order valence-electron chi connectivity index (χ4n) is 2.81. The second-order valence-corrected chi connectivity index (χ2v) is 6.69. The topological polar surface area (TPSA) is 61.9 Å². The largest absolute Gasteiger partial charge is 0.484 e. The van der Waals surface area contributed by atoms with Crippen LogP contribution in [0.4, 0.5) is 4.79 Å². The molecule has 1 fully saturated rings. The molecule has 0 bridgehead atoms. The lowest BCUT2D eigenvalue weighted by molar-refractivity contribution is -0.134. The summed E-state index contributed by atoms with van der Waals surface area (Å²) in [5.74, 6) is 0.515. The molecule has 0 atom stereocenters. The number of carbonyl (C=O) groups excluding carboxylic acids is 2. The van der Waals surface area contributed by atoms with Gasteiger partial charge in [0.2, 0.25) is 0 Å². The number of halogens is 1. The molecule has 1 aliphatic heterocycles. The lowest BCUT2D eigenvalue weighted by atomic mass is 10.2. The van der Waals surface area contributed by atoms with Crippen LogP contribution in [0.2, 0.25) is 5.02 Å². The zero-order chi connectivity index (χ0) is 19.1. The predicted octanol–water partition coefficient (Wildman–Crippen LogP) is 2.77. The smallest absolute Gasteiger partial charge is 0.317 e. The molecule has 0 spiro atoms. The number of urea groups is 1. The molecule has 1 aliphatic rings. The minimum atomic E-state index is -0.108. The van der Waals surface area contributed by atoms with Gasteiger partial charge in [0.25, 0.3) is 5.91 Å². The van der Waals surface area contributed by atoms with Crippen LogP contribution in [-0.2, 0) is 11.3 Å². The third-order valence-corrected chi connectivity index (χ3v) is 4.63. The standard InChI is InChI=1S/C20H22ClN3O3/c21-17-6-8-18(9-7-17)27-15-19(25)23-10-12-24(13-11-23)20(26)22-14-16-4-2-1-3-5-16/h1-9H,10-15H2,(H,22,26). The molecule has 1 N–H and O–H groups in total. The number of ether oxygens (including phenoxy) is 1. The van der Waals surface area contributed by atoms with Crippen LogP contribution in [0, 0.1) is 0 Å². The summed E-state index contributed by atoms with van der Waals surface area (Å²) in [6.45, 7) is 2.49. The van der Waals surface area contributed by atoms with Crippen LogP contribution in [-0.4, -0.2) is 54.5 Å². The maximum Gasteiger partial charge on any atom is 0.317 e. The maximum absolute atomic E-state index is 12.3. The van der Waals surface area contributed by atoms with Gasteiger partial charge in [0, 0.05) is 37.7 Å². The van der Waals surface area contributed by atoms with Gasteiger partial charge in [0.1, 0.15) is 5.75 Å². The second kappa shape index (κ2) is 9.28. The molecular weight excluding hydrogens is 366 g/mol. The summed E-state index contributed by atoms with van der Waals surface area (Å²) in [5, 5.41) is 3.53. The van der Waals surface area contributed by atoms with Crippen molar-refractivity contribution >= 4 is 23.5 Å². The van der Waals surface area contributed by atoms with E-state index in [1.165, 1.54) is 0 Å². The summed E-state index contributed by atoms with van der Waals surface area (Å²) in [4.78, 5) is 28.0. The van der Waals surface area contributed by atoms with E-state index in [0.717, 1.165) is 5.56 Å². The minimum Gasteiger partial charge on any atom is -0.484 e. The molecule has 2 aromatic carbocycles. The van der Waals surface area contributed by atoms with Crippen molar-refractivity contribution in [1.82, 2.24) is 15.1 Å². The minimum absolute atomic E-state index is 0.0260. The van der Waals surface area contributed by atoms with Gasteiger partial charge in [-0.25, -0.2) is 4.79 Å². The zero-order valence-corrected chi connectivity index (χ0v) is 15.7. The number of piperazine rings is 1. The molecule has 1 heterocycles. The van der Waals surface area contributed by atoms with Crippen LogP contribution in [0.5, 0.6) is 5.75 Å². The summed E-state index contributed by atoms with van der Waals surface area (Å²) < 4.78 is 5.50. The SMILES string of the molecule is O=C(COc1ccc(Cl)cc1)N1CCN(C(=O)NCc2ccccc2)CC1. The summed E-state index contributed by atoms with van der Waals surface area (Å²) in [6, 6.07) is 16.5. The van der Waals surface area contributed by atoms with Crippen molar-refractivity contribution in [1.29, 1.82) is 0 Å². The Bertz CT molecular complexity index is 760. The molecule has 27 heavy (non-hydrogen) atoms. The van der Waals surface area contributed by atoms with E-state index in [0.29, 0.717) is 43.5 Å². The average molecular weight is 388 g/mol. The van der Waals surface area contributed by atoms with Gasteiger partial charge >= 0.3 is 6.03 Å². The highest BCUT2D eigenvalue weighted by atomic mass is 35.5. The van der Waals surface area contributed by atoms with Gasteiger partial charge in [0.05, 0.1) is 0 Å². The Morgan fingerprint density at radius 3 is 2.22 bits per heavy atom. The molecule has 7 heteroatoms. The molecule has 3 rings (SSSR count). The molecule has 142 valence electrons. The molecule has 0 radical (unpaired) electrons. The van der Waals surface area contributed by atoms with E-state index in [1.54, 1.807) is 34.1 Å². The fourth-order valence-corrected chi connectivity index (χ4v) is 2.94. The van der Waals surface area contributed by atoms with Crippen LogP contribution in [0.15, 0.2) is 54.6 Å². The molecule has 1 saturated heterocycles. The first-order valence-electron chi connectivity index (χ1n) is 8.84. The van der Waals surface area contributed by atoms with Crippen molar-refractivity contribution in [2.45, 2.75) is 6.54 Å². The Hall–Kier alpha value is -2.73. The lowest BCUT2D eigenvalue weighted by Gasteiger charge is -2.34. The van der Waals surface area contributed by atoms with Crippen molar-refractivity contribution < 1.29 is 14.3 Å². The molecular formula is C20H22ClN3O3. The van der Waals surface area contributed by atoms with Crippen LogP contribution in [0.1, 0.15) is 5.56 Å². The third kappa shape index (κ3) is 5.62. The second-order valence-electron chi connectivity index (χ2n) is 6.25. The van der Waals surface area contributed by atoms with Crippen LogP contribution in [0.25, 0.3) is 0 Å². The van der Waals surface area contributed by atoms with Gasteiger partial charge in [-0.1, -0.05) is 41.9 Å². The molecule has 0 aromatic heterocycles. The number of amides is 3. The number of carbonyl (C=O) groups is 2. The van der Waals surface area contributed by atoms with Gasteiger partial charge < -0.3 is 19.9 Å². The van der Waals surface area contributed by atoms with Crippen LogP contribution in [0.3, 0.4) is 0 Å². The Balaban J connectivity index is 1.39. The first-order chi connectivity index (χ1) is 13.1. The lowest BCUT2D eigenvalue weighted by Crippen LogP contribution is -2.53. The van der Waals surface area contributed by atoms with E-state index < -0.39 is 0 Å². The van der Waals surface area contributed by atoms with Crippen LogP contribution >= 0.6 is 11.6 Å². The first kappa shape index (κ1) is 19.0. The van der Waals surface area contributed by atoms with E-state index in [-0.39, 0.29) is 18.5 Å². The Labute approximate surface area is 163 Å². The number of hydrogen-bond donors (Lipinski definition) is 1. The number of rotatable bonds is 5. The Morgan fingerprint density at radius 1 is 0.926 bits per heavy atom. The molecule has 0 unspecified atom stereocenters. The highest BCUT2D eigenvalue weighted by Gasteiger charge is 2.24. The van der Waals surface area contributed by atoms with Crippen molar-refractivity contribution in [2.75, 3.05) is 32.8 Å². The first-order valence-corrected chi connectivity index (χ1v) is 9.22. The molecule has 0 saturated carbocycles. The van der Waals surface area contributed by atoms with E-state index in [9.17, 15) is 9.59 Å². The summed E-state index contributed by atoms with van der Waals surface area (Å²) in [7, 11) is 0. The van der Waals surface area contributed by atoms with Gasteiger partial charge in [-0.15, -0.1) is 0 Å². The van der Waals surface area contributed by atoms with Gasteiger partial charge in [-0.3, -0.25) is 4.79 Å². The summed E-state index contributed by atoms with van der Waals surface area (Å²) in [6.07, 6.45) is 0. The predicted molar refractivity (Wildman–Crippen MR) is 104 cm³/mol. The van der Waals surface area contributed by atoms with Gasteiger partial charge in [-0.2, -0.15) is 0 Å². The van der Waals surface area contributed by atoms with Crippen molar-refractivity contribution in [3.63, 3.8) is 0 Å². The van der Waals surface area contributed by atoms with E-state index in [4.69, 9.17) is 16.3 Å². The van der Waals surface area contributed by atoms with Gasteiger partial charge in [0.15, 0.2) is 6.61 Å². The maximum atomic E-state index is 12.3. The van der Waals surface area contributed by atoms with E-state index >= 15 is 0 Å². The van der Waals surface area contributed by atoms with Crippen molar-refractivity contribution in [2.24, 2.45) is 0 Å². The normalized spacial score (nSPS) is 14.0. The fraction of sp³-hybridized carbons (Fsp3) is 0.300. The molecule has 2 aromatic rings. The highest BCUT2D eigenvalue weighted by Crippen LogP contribution is 2.15. The number of nitrogens with zero attached hydrogens (tertiary/aromatic N) is 2. The Kier molecular flexibility index (Phi) is 6.54.